The summed E-state index contributed by atoms with van der Waals surface area (Å²) in [6.07, 6.45) is 0. The molecule has 3 nitrogen and oxygen atoms in total. The molecule has 0 heterocycles. The van der Waals surface area contributed by atoms with Crippen LogP contribution in [0.2, 0.25) is 0 Å². The molecule has 0 aromatic heterocycles. The van der Waals surface area contributed by atoms with Gasteiger partial charge < -0.3 is 5.14 Å². The van der Waals surface area contributed by atoms with Gasteiger partial charge in [0.1, 0.15) is 0 Å². The van der Waals surface area contributed by atoms with E-state index in [9.17, 15) is 8.42 Å². The maximum absolute atomic E-state index is 11.0. The van der Waals surface area contributed by atoms with Crippen molar-refractivity contribution in [3.63, 3.8) is 0 Å². The summed E-state index contributed by atoms with van der Waals surface area (Å²) in [4.78, 5) is 0.116. The summed E-state index contributed by atoms with van der Waals surface area (Å²) in [6.45, 7) is 3.81. The van der Waals surface area contributed by atoms with Gasteiger partial charge in [-0.3, -0.25) is 0 Å². The van der Waals surface area contributed by atoms with Crippen molar-refractivity contribution in [3.8, 4) is 0 Å². The third kappa shape index (κ3) is 3.73. The van der Waals surface area contributed by atoms with E-state index in [2.05, 4.69) is 0 Å². The van der Waals surface area contributed by atoms with E-state index in [1.807, 2.05) is 13.8 Å². The smallest absolute Gasteiger partial charge is 0.560 e. The van der Waals surface area contributed by atoms with Crippen molar-refractivity contribution in [2.45, 2.75) is 24.7 Å². The van der Waals surface area contributed by atoms with E-state index in [0.29, 0.717) is 5.56 Å². The van der Waals surface area contributed by atoms with Gasteiger partial charge in [-0.2, -0.15) is 0 Å². The first-order chi connectivity index (χ1) is 5.93. The van der Waals surface area contributed by atoms with E-state index in [-0.39, 0.29) is 62.2 Å². The Bertz CT molecular complexity index is 401. The number of sulfonamides is 1. The molecular weight excluding hydrogens is 225 g/mol. The molecule has 0 unspecified atom stereocenters. The predicted molar refractivity (Wildman–Crippen MR) is 52.0 cm³/mol. The minimum Gasteiger partial charge on any atom is -0.560 e. The van der Waals surface area contributed by atoms with E-state index in [1.165, 1.54) is 6.07 Å². The third-order valence-electron chi connectivity index (χ3n) is 1.83. The Kier molecular flexibility index (Phi) is 6.06. The molecule has 0 aliphatic rings. The summed E-state index contributed by atoms with van der Waals surface area (Å²) in [5.41, 5.74) is 0.706. The van der Waals surface area contributed by atoms with Crippen LogP contribution in [0, 0.1) is 0 Å². The van der Waals surface area contributed by atoms with Crippen molar-refractivity contribution in [1.29, 1.82) is 0 Å². The summed E-state index contributed by atoms with van der Waals surface area (Å²) in [7, 11) is -3.83. The van der Waals surface area contributed by atoms with Gasteiger partial charge in [-0.05, 0) is 17.5 Å². The normalized spacial score (nSPS) is 11.1. The molecule has 0 saturated heterocycles. The molecule has 0 atom stereocenters. The second-order valence-corrected chi connectivity index (χ2v) is 4.64. The second kappa shape index (κ2) is 5.74. The van der Waals surface area contributed by atoms with Crippen LogP contribution >= 0.6 is 0 Å². The van der Waals surface area contributed by atoms with Crippen molar-refractivity contribution < 1.29 is 59.8 Å². The summed E-state index contributed by atoms with van der Waals surface area (Å²) in [5.74, 6) is 0.122. The molecule has 0 amide bonds. The van der Waals surface area contributed by atoms with Crippen LogP contribution in [-0.4, -0.2) is 8.42 Å². The van der Waals surface area contributed by atoms with Crippen molar-refractivity contribution in [1.82, 2.24) is 0 Å². The summed E-state index contributed by atoms with van der Waals surface area (Å²) in [6, 6.07) is 6.63. The van der Waals surface area contributed by atoms with Crippen LogP contribution in [-0.2, 0) is 10.0 Å². The Morgan fingerprint density at radius 2 is 1.71 bits per heavy atom. The zero-order chi connectivity index (χ0) is 10.1. The molecule has 0 radical (unpaired) electrons. The van der Waals surface area contributed by atoms with Gasteiger partial charge in [-0.15, -0.1) is 0 Å². The molecule has 0 spiro atoms. The van der Waals surface area contributed by atoms with Crippen molar-refractivity contribution >= 4 is 10.0 Å². The number of hydrogen-bond acceptors (Lipinski definition) is 2. The fourth-order valence-electron chi connectivity index (χ4n) is 1.20. The van der Waals surface area contributed by atoms with E-state index in [0.717, 1.165) is 0 Å². The molecule has 72 valence electrons. The standard InChI is InChI=1S/C9H12NO2S.K/c1-7(2)8-5-3-4-6-9(8)13(10,11)12;/h3-7H,1-2H3,(H-,10,11,12);/q-1;+1. The Morgan fingerprint density at radius 1 is 1.21 bits per heavy atom. The van der Waals surface area contributed by atoms with Crippen LogP contribution < -0.4 is 51.4 Å². The van der Waals surface area contributed by atoms with E-state index >= 15 is 0 Å². The average Bonchev–Trinajstić information content (AvgIpc) is 2.03. The van der Waals surface area contributed by atoms with Crippen LogP contribution in [0.15, 0.2) is 29.2 Å². The third-order valence-corrected chi connectivity index (χ3v) is 2.78. The fourth-order valence-corrected chi connectivity index (χ4v) is 2.07. The monoisotopic (exact) mass is 237 g/mol. The number of benzene rings is 1. The largest absolute Gasteiger partial charge is 1.00 e. The number of hydrogen-bond donors (Lipinski definition) is 0. The van der Waals surface area contributed by atoms with Gasteiger partial charge in [0.2, 0.25) is 0 Å². The van der Waals surface area contributed by atoms with Crippen LogP contribution in [0.25, 0.3) is 5.14 Å². The van der Waals surface area contributed by atoms with Gasteiger partial charge in [0.25, 0.3) is 0 Å². The Morgan fingerprint density at radius 3 is 2.07 bits per heavy atom. The van der Waals surface area contributed by atoms with E-state index in [1.54, 1.807) is 18.2 Å². The molecule has 1 rings (SSSR count). The first kappa shape index (κ1) is 14.8. The van der Waals surface area contributed by atoms with E-state index < -0.39 is 10.0 Å². The van der Waals surface area contributed by atoms with Crippen LogP contribution in [0.4, 0.5) is 0 Å². The van der Waals surface area contributed by atoms with Gasteiger partial charge in [0.15, 0.2) is 0 Å². The quantitative estimate of drug-likeness (QED) is 0.655. The van der Waals surface area contributed by atoms with Crippen molar-refractivity contribution in [2.75, 3.05) is 0 Å². The average molecular weight is 237 g/mol. The minimum absolute atomic E-state index is 0. The summed E-state index contributed by atoms with van der Waals surface area (Å²) < 4.78 is 22.0. The maximum Gasteiger partial charge on any atom is 1.00 e. The fraction of sp³-hybridized carbons (Fsp3) is 0.333. The SMILES string of the molecule is CC(C)c1ccccc1S([NH-])(=O)=O.[K+]. The van der Waals surface area contributed by atoms with E-state index in [4.69, 9.17) is 5.14 Å². The molecule has 0 saturated carbocycles. The number of nitrogens with one attached hydrogen (secondary N) is 1. The van der Waals surface area contributed by atoms with Gasteiger partial charge in [-0.25, -0.2) is 8.42 Å². The molecule has 1 N–H and O–H groups in total. The van der Waals surface area contributed by atoms with Gasteiger partial charge >= 0.3 is 51.4 Å². The summed E-state index contributed by atoms with van der Waals surface area (Å²) >= 11 is 0. The first-order valence-electron chi connectivity index (χ1n) is 4.01. The minimum atomic E-state index is -3.83. The molecule has 1 aromatic rings. The predicted octanol–water partition coefficient (Wildman–Crippen LogP) is -0.445. The van der Waals surface area contributed by atoms with Crippen LogP contribution in [0.1, 0.15) is 25.3 Å². The number of rotatable bonds is 2. The molecule has 0 fully saturated rings. The topological polar surface area (TPSA) is 57.9 Å². The van der Waals surface area contributed by atoms with Crippen LogP contribution in [0.5, 0.6) is 0 Å². The van der Waals surface area contributed by atoms with Gasteiger partial charge in [-0.1, -0.05) is 32.0 Å². The Labute approximate surface area is 128 Å². The zero-order valence-corrected chi connectivity index (χ0v) is 12.6. The zero-order valence-electron chi connectivity index (χ0n) is 8.61. The van der Waals surface area contributed by atoms with Crippen molar-refractivity contribution in [3.05, 3.63) is 35.0 Å². The van der Waals surface area contributed by atoms with Gasteiger partial charge in [0, 0.05) is 0 Å². The maximum atomic E-state index is 11.0. The molecule has 0 aliphatic carbocycles. The van der Waals surface area contributed by atoms with Crippen molar-refractivity contribution in [2.24, 2.45) is 0 Å². The molecule has 0 bridgehead atoms. The molecule has 5 heteroatoms. The first-order valence-corrected chi connectivity index (χ1v) is 5.50. The second-order valence-electron chi connectivity index (χ2n) is 3.20. The molecule has 1 aromatic carbocycles. The van der Waals surface area contributed by atoms with Gasteiger partial charge in [0.05, 0.1) is 14.9 Å². The Hall–Kier alpha value is 0.766. The molecule has 14 heavy (non-hydrogen) atoms. The summed E-state index contributed by atoms with van der Waals surface area (Å²) in [5, 5.41) is 6.98. The Balaban J connectivity index is 0.00000169. The molecule has 0 aliphatic heterocycles. The van der Waals surface area contributed by atoms with Crippen LogP contribution in [0.3, 0.4) is 0 Å². The molecular formula is C9H12KNO2S.